The van der Waals surface area contributed by atoms with Gasteiger partial charge in [-0.2, -0.15) is 0 Å². The number of ketones is 1. The molecule has 0 aromatic heterocycles. The van der Waals surface area contributed by atoms with Gasteiger partial charge >= 0.3 is 0 Å². The normalized spacial score (nSPS) is 18.1. The molecule has 0 saturated heterocycles. The van der Waals surface area contributed by atoms with Gasteiger partial charge in [0.2, 0.25) is 5.75 Å². The number of fused-ring (bicyclic) bond motifs is 1. The number of hydrogen-bond donors (Lipinski definition) is 2. The second-order valence-corrected chi connectivity index (χ2v) is 9.47. The second-order valence-electron chi connectivity index (χ2n) is 9.47. The third-order valence-corrected chi connectivity index (χ3v) is 7.29. The van der Waals surface area contributed by atoms with Gasteiger partial charge in [0, 0.05) is 17.7 Å². The van der Waals surface area contributed by atoms with E-state index in [1.165, 1.54) is 0 Å². The minimum Gasteiger partial charge on any atom is -0.493 e. The third kappa shape index (κ3) is 4.94. The SMILES string of the molecule is CCOc1ccc([C@@H]2CC(=O)C3=C(C2)Nc2ccccc2N[C@H]3c2cc(OC)c(OC)c(OC)c2)cc1OC. The highest BCUT2D eigenvalue weighted by Gasteiger charge is 2.37. The van der Waals surface area contributed by atoms with Crippen LogP contribution in [0.2, 0.25) is 0 Å². The molecule has 0 bridgehead atoms. The first kappa shape index (κ1) is 26.3. The van der Waals surface area contributed by atoms with Crippen molar-refractivity contribution in [3.63, 3.8) is 0 Å². The van der Waals surface area contributed by atoms with Crippen molar-refractivity contribution in [2.75, 3.05) is 45.7 Å². The van der Waals surface area contributed by atoms with E-state index in [0.717, 1.165) is 28.2 Å². The minimum absolute atomic E-state index is 0.0146. The molecule has 1 heterocycles. The Morgan fingerprint density at radius 3 is 2.08 bits per heavy atom. The molecule has 8 nitrogen and oxygen atoms in total. The van der Waals surface area contributed by atoms with Crippen molar-refractivity contribution in [1.29, 1.82) is 0 Å². The van der Waals surface area contributed by atoms with Crippen LogP contribution in [0.5, 0.6) is 28.7 Å². The van der Waals surface area contributed by atoms with E-state index < -0.39 is 6.04 Å². The molecule has 39 heavy (non-hydrogen) atoms. The first-order valence-electron chi connectivity index (χ1n) is 13.0. The number of carbonyl (C=O) groups is 1. The monoisotopic (exact) mass is 530 g/mol. The molecule has 0 spiro atoms. The number of benzene rings is 3. The Kier molecular flexibility index (Phi) is 7.54. The van der Waals surface area contributed by atoms with E-state index in [9.17, 15) is 4.79 Å². The summed E-state index contributed by atoms with van der Waals surface area (Å²) >= 11 is 0. The van der Waals surface area contributed by atoms with E-state index >= 15 is 0 Å². The van der Waals surface area contributed by atoms with Crippen molar-refractivity contribution in [2.45, 2.75) is 31.7 Å². The molecule has 8 heteroatoms. The lowest BCUT2D eigenvalue weighted by Gasteiger charge is -2.30. The van der Waals surface area contributed by atoms with Gasteiger partial charge < -0.3 is 34.3 Å². The van der Waals surface area contributed by atoms with Crippen molar-refractivity contribution in [1.82, 2.24) is 0 Å². The van der Waals surface area contributed by atoms with Gasteiger partial charge in [-0.1, -0.05) is 18.2 Å². The van der Waals surface area contributed by atoms with E-state index in [0.29, 0.717) is 53.8 Å². The molecule has 0 saturated carbocycles. The van der Waals surface area contributed by atoms with Crippen molar-refractivity contribution in [2.24, 2.45) is 0 Å². The van der Waals surface area contributed by atoms with Crippen LogP contribution in [0, 0.1) is 0 Å². The maximum atomic E-state index is 14.0. The van der Waals surface area contributed by atoms with Gasteiger partial charge in [0.15, 0.2) is 28.8 Å². The number of Topliss-reactive ketones (excluding diaryl/α,β-unsaturated/α-hetero) is 1. The summed E-state index contributed by atoms with van der Waals surface area (Å²) in [5.41, 5.74) is 5.28. The third-order valence-electron chi connectivity index (χ3n) is 7.29. The molecule has 1 aliphatic heterocycles. The lowest BCUT2D eigenvalue weighted by Crippen LogP contribution is -2.27. The number of rotatable bonds is 8. The van der Waals surface area contributed by atoms with Gasteiger partial charge in [0.05, 0.1) is 52.5 Å². The zero-order chi connectivity index (χ0) is 27.5. The Bertz CT molecular complexity index is 1390. The number of ether oxygens (including phenoxy) is 5. The minimum atomic E-state index is -0.423. The fourth-order valence-corrected chi connectivity index (χ4v) is 5.46. The summed E-state index contributed by atoms with van der Waals surface area (Å²) in [6, 6.07) is 17.3. The van der Waals surface area contributed by atoms with E-state index in [2.05, 4.69) is 10.6 Å². The number of methoxy groups -OCH3 is 4. The highest BCUT2D eigenvalue weighted by molar-refractivity contribution is 6.01. The van der Waals surface area contributed by atoms with E-state index in [-0.39, 0.29) is 11.7 Å². The van der Waals surface area contributed by atoms with Crippen LogP contribution in [0.1, 0.15) is 42.9 Å². The molecule has 204 valence electrons. The first-order chi connectivity index (χ1) is 19.0. The fraction of sp³-hybridized carbons (Fsp3) is 0.323. The average Bonchev–Trinajstić information content (AvgIpc) is 3.13. The quantitative estimate of drug-likeness (QED) is 0.361. The van der Waals surface area contributed by atoms with Gasteiger partial charge in [-0.3, -0.25) is 4.79 Å². The summed E-state index contributed by atoms with van der Waals surface area (Å²) in [7, 11) is 6.38. The molecule has 2 aliphatic rings. The van der Waals surface area contributed by atoms with Crippen LogP contribution in [0.15, 0.2) is 65.9 Å². The topological polar surface area (TPSA) is 87.3 Å². The Balaban J connectivity index is 1.60. The van der Waals surface area contributed by atoms with Crippen LogP contribution in [-0.4, -0.2) is 40.8 Å². The van der Waals surface area contributed by atoms with Crippen LogP contribution in [0.25, 0.3) is 0 Å². The number of carbonyl (C=O) groups excluding carboxylic acids is 1. The Hall–Kier alpha value is -4.33. The van der Waals surface area contributed by atoms with Crippen LogP contribution in [0.3, 0.4) is 0 Å². The van der Waals surface area contributed by atoms with Crippen molar-refractivity contribution in [3.8, 4) is 28.7 Å². The standard InChI is InChI=1S/C31H34N2O6/c1-6-39-25-12-11-18(15-26(25)35-2)19-13-23-29(24(34)14-19)30(33-22-10-8-7-9-21(22)32-23)20-16-27(36-3)31(38-5)28(17-20)37-4/h7-12,15-17,19,30,32-33H,6,13-14H2,1-5H3/t19-,30-/m0/s1. The predicted molar refractivity (Wildman–Crippen MR) is 151 cm³/mol. The summed E-state index contributed by atoms with van der Waals surface area (Å²) in [6.07, 6.45) is 1.03. The van der Waals surface area contributed by atoms with E-state index in [1.54, 1.807) is 28.4 Å². The average molecular weight is 531 g/mol. The number of anilines is 2. The molecule has 0 unspecified atom stereocenters. The van der Waals surface area contributed by atoms with E-state index in [1.807, 2.05) is 61.5 Å². The van der Waals surface area contributed by atoms with Crippen molar-refractivity contribution < 1.29 is 28.5 Å². The maximum Gasteiger partial charge on any atom is 0.203 e. The zero-order valence-corrected chi connectivity index (χ0v) is 22.9. The largest absolute Gasteiger partial charge is 0.493 e. The summed E-state index contributed by atoms with van der Waals surface area (Å²) in [6.45, 7) is 2.49. The Labute approximate surface area is 228 Å². The molecule has 3 aromatic rings. The fourth-order valence-electron chi connectivity index (χ4n) is 5.46. The summed E-state index contributed by atoms with van der Waals surface area (Å²) in [4.78, 5) is 14.0. The summed E-state index contributed by atoms with van der Waals surface area (Å²) in [5.74, 6) is 2.98. The second kappa shape index (κ2) is 11.2. The Morgan fingerprint density at radius 1 is 0.769 bits per heavy atom. The van der Waals surface area contributed by atoms with Crippen molar-refractivity contribution >= 4 is 17.2 Å². The van der Waals surface area contributed by atoms with Gasteiger partial charge in [-0.15, -0.1) is 0 Å². The zero-order valence-electron chi connectivity index (χ0n) is 22.9. The molecular formula is C31H34N2O6. The molecule has 0 fully saturated rings. The van der Waals surface area contributed by atoms with Gasteiger partial charge in [-0.05, 0) is 66.8 Å². The summed E-state index contributed by atoms with van der Waals surface area (Å²) in [5, 5.41) is 7.19. The lowest BCUT2D eigenvalue weighted by molar-refractivity contribution is -0.116. The maximum absolute atomic E-state index is 14.0. The van der Waals surface area contributed by atoms with Gasteiger partial charge in [0.1, 0.15) is 0 Å². The van der Waals surface area contributed by atoms with Crippen molar-refractivity contribution in [3.05, 3.63) is 77.0 Å². The molecule has 0 radical (unpaired) electrons. The highest BCUT2D eigenvalue weighted by atomic mass is 16.5. The van der Waals surface area contributed by atoms with Crippen LogP contribution < -0.4 is 34.3 Å². The predicted octanol–water partition coefficient (Wildman–Crippen LogP) is 6.10. The smallest absolute Gasteiger partial charge is 0.203 e. The molecule has 5 rings (SSSR count). The van der Waals surface area contributed by atoms with E-state index in [4.69, 9.17) is 23.7 Å². The molecule has 1 aliphatic carbocycles. The molecule has 2 N–H and O–H groups in total. The number of allylic oxidation sites excluding steroid dienone is 1. The molecule has 3 aromatic carbocycles. The highest BCUT2D eigenvalue weighted by Crippen LogP contribution is 2.47. The van der Waals surface area contributed by atoms with Crippen LogP contribution in [-0.2, 0) is 4.79 Å². The van der Waals surface area contributed by atoms with Gasteiger partial charge in [-0.25, -0.2) is 0 Å². The Morgan fingerprint density at radius 2 is 1.44 bits per heavy atom. The first-order valence-corrected chi connectivity index (χ1v) is 13.0. The molecule has 0 amide bonds. The molecule has 2 atom stereocenters. The molecular weight excluding hydrogens is 496 g/mol. The van der Waals surface area contributed by atoms with Gasteiger partial charge in [0.25, 0.3) is 0 Å². The number of nitrogens with one attached hydrogen (secondary N) is 2. The number of hydrogen-bond acceptors (Lipinski definition) is 8. The van der Waals surface area contributed by atoms with Crippen LogP contribution >= 0.6 is 0 Å². The summed E-state index contributed by atoms with van der Waals surface area (Å²) < 4.78 is 28.1. The van der Waals surface area contributed by atoms with Crippen LogP contribution in [0.4, 0.5) is 11.4 Å². The lowest BCUT2D eigenvalue weighted by atomic mass is 9.78. The number of para-hydroxylation sites is 2.